The van der Waals surface area contributed by atoms with Crippen LogP contribution < -0.4 is 10.6 Å². The second-order valence-electron chi connectivity index (χ2n) is 4.34. The highest BCUT2D eigenvalue weighted by atomic mass is 16.3. The number of hydrogen-bond donors (Lipinski definition) is 4. The van der Waals surface area contributed by atoms with E-state index in [1.807, 2.05) is 0 Å². The number of hydrogen-bond acceptors (Lipinski definition) is 4. The smallest absolute Gasteiger partial charge is 0.243 e. The SMILES string of the molecule is C=CC(=O)NC/C=C/C(=O)NCc1cc(O)c(C)cc1O. The summed E-state index contributed by atoms with van der Waals surface area (Å²) >= 11 is 0. The van der Waals surface area contributed by atoms with Crippen molar-refractivity contribution in [3.05, 3.63) is 48.1 Å². The van der Waals surface area contributed by atoms with Crippen LogP contribution in [0.15, 0.2) is 36.9 Å². The van der Waals surface area contributed by atoms with Crippen LogP contribution in [0.3, 0.4) is 0 Å². The summed E-state index contributed by atoms with van der Waals surface area (Å²) in [6, 6.07) is 2.83. The van der Waals surface area contributed by atoms with Gasteiger partial charge in [0.2, 0.25) is 11.8 Å². The number of carbonyl (C=O) groups excluding carboxylic acids is 2. The van der Waals surface area contributed by atoms with Crippen LogP contribution in [-0.2, 0) is 16.1 Å². The zero-order chi connectivity index (χ0) is 15.8. The van der Waals surface area contributed by atoms with Gasteiger partial charge < -0.3 is 20.8 Å². The van der Waals surface area contributed by atoms with Crippen LogP contribution in [0.4, 0.5) is 0 Å². The minimum absolute atomic E-state index is 0.00725. The van der Waals surface area contributed by atoms with E-state index in [4.69, 9.17) is 0 Å². The number of rotatable bonds is 6. The fraction of sp³-hybridized carbons (Fsp3) is 0.200. The number of phenols is 2. The third-order valence-corrected chi connectivity index (χ3v) is 2.70. The van der Waals surface area contributed by atoms with Gasteiger partial charge in [-0.05, 0) is 30.7 Å². The molecule has 21 heavy (non-hydrogen) atoms. The van der Waals surface area contributed by atoms with E-state index >= 15 is 0 Å². The Labute approximate surface area is 122 Å². The predicted molar refractivity (Wildman–Crippen MR) is 78.7 cm³/mol. The maximum Gasteiger partial charge on any atom is 0.243 e. The summed E-state index contributed by atoms with van der Waals surface area (Å²) in [6.45, 7) is 5.27. The summed E-state index contributed by atoms with van der Waals surface area (Å²) in [4.78, 5) is 22.4. The van der Waals surface area contributed by atoms with E-state index in [-0.39, 0.29) is 36.4 Å². The standard InChI is InChI=1S/C15H18N2O4/c1-3-14(20)16-6-4-5-15(21)17-9-11-8-12(18)10(2)7-13(11)19/h3-5,7-8,18-19H,1,6,9H2,2H3,(H,16,20)(H,17,21)/b5-4+. The molecule has 0 aliphatic heterocycles. The molecule has 0 fully saturated rings. The summed E-state index contributed by atoms with van der Waals surface area (Å²) in [7, 11) is 0. The Morgan fingerprint density at radius 1 is 1.19 bits per heavy atom. The second-order valence-corrected chi connectivity index (χ2v) is 4.34. The molecule has 0 saturated heterocycles. The van der Waals surface area contributed by atoms with Gasteiger partial charge in [-0.3, -0.25) is 9.59 Å². The summed E-state index contributed by atoms with van der Waals surface area (Å²) in [5, 5.41) is 24.3. The maximum absolute atomic E-state index is 11.5. The highest BCUT2D eigenvalue weighted by Gasteiger charge is 2.06. The third kappa shape index (κ3) is 5.40. The van der Waals surface area contributed by atoms with E-state index < -0.39 is 0 Å². The molecular formula is C15H18N2O4. The number of aryl methyl sites for hydroxylation is 1. The van der Waals surface area contributed by atoms with Gasteiger partial charge in [-0.25, -0.2) is 0 Å². The molecule has 0 unspecified atom stereocenters. The number of aromatic hydroxyl groups is 2. The molecule has 6 heteroatoms. The molecule has 112 valence electrons. The lowest BCUT2D eigenvalue weighted by molar-refractivity contribution is -0.117. The highest BCUT2D eigenvalue weighted by molar-refractivity contribution is 5.88. The number of amides is 2. The van der Waals surface area contributed by atoms with Gasteiger partial charge in [0.05, 0.1) is 0 Å². The first-order valence-corrected chi connectivity index (χ1v) is 6.30. The molecular weight excluding hydrogens is 272 g/mol. The molecule has 0 aliphatic rings. The van der Waals surface area contributed by atoms with Crippen molar-refractivity contribution >= 4 is 11.8 Å². The van der Waals surface area contributed by atoms with Crippen LogP contribution >= 0.6 is 0 Å². The van der Waals surface area contributed by atoms with Crippen LogP contribution in [-0.4, -0.2) is 28.6 Å². The molecule has 0 saturated carbocycles. The Morgan fingerprint density at radius 3 is 2.57 bits per heavy atom. The third-order valence-electron chi connectivity index (χ3n) is 2.70. The number of carbonyl (C=O) groups is 2. The van der Waals surface area contributed by atoms with E-state index in [2.05, 4.69) is 17.2 Å². The quantitative estimate of drug-likeness (QED) is 0.462. The van der Waals surface area contributed by atoms with Gasteiger partial charge in [0, 0.05) is 24.7 Å². The van der Waals surface area contributed by atoms with Crippen molar-refractivity contribution in [2.45, 2.75) is 13.5 Å². The molecule has 2 amide bonds. The van der Waals surface area contributed by atoms with Crippen molar-refractivity contribution in [3.63, 3.8) is 0 Å². The van der Waals surface area contributed by atoms with Gasteiger partial charge >= 0.3 is 0 Å². The second kappa shape index (κ2) is 7.74. The fourth-order valence-corrected chi connectivity index (χ4v) is 1.51. The van der Waals surface area contributed by atoms with Crippen LogP contribution in [0, 0.1) is 6.92 Å². The predicted octanol–water partition coefficient (Wildman–Crippen LogP) is 0.881. The van der Waals surface area contributed by atoms with Gasteiger partial charge in [0.25, 0.3) is 0 Å². The number of phenolic OH excluding ortho intramolecular Hbond substituents is 2. The average Bonchev–Trinajstić information content (AvgIpc) is 2.45. The molecule has 0 aromatic heterocycles. The zero-order valence-electron chi connectivity index (χ0n) is 11.7. The monoisotopic (exact) mass is 290 g/mol. The Morgan fingerprint density at radius 2 is 1.90 bits per heavy atom. The van der Waals surface area contributed by atoms with Crippen molar-refractivity contribution in [1.82, 2.24) is 10.6 Å². The van der Waals surface area contributed by atoms with Crippen LogP contribution in [0.5, 0.6) is 11.5 Å². The Kier molecular flexibility index (Phi) is 6.00. The molecule has 0 heterocycles. The number of benzene rings is 1. The number of nitrogens with one attached hydrogen (secondary N) is 2. The first-order chi connectivity index (χ1) is 9.93. The summed E-state index contributed by atoms with van der Waals surface area (Å²) in [6.07, 6.45) is 3.90. The van der Waals surface area contributed by atoms with E-state index in [1.54, 1.807) is 6.92 Å². The van der Waals surface area contributed by atoms with Crippen molar-refractivity contribution in [2.24, 2.45) is 0 Å². The lowest BCUT2D eigenvalue weighted by Gasteiger charge is -2.08. The first-order valence-electron chi connectivity index (χ1n) is 6.30. The van der Waals surface area contributed by atoms with Crippen molar-refractivity contribution in [1.29, 1.82) is 0 Å². The zero-order valence-corrected chi connectivity index (χ0v) is 11.7. The van der Waals surface area contributed by atoms with Crippen molar-refractivity contribution < 1.29 is 19.8 Å². The summed E-state index contributed by atoms with van der Waals surface area (Å²) in [5.74, 6) is -0.630. The van der Waals surface area contributed by atoms with E-state index in [0.29, 0.717) is 11.1 Å². The van der Waals surface area contributed by atoms with E-state index in [1.165, 1.54) is 24.3 Å². The molecule has 1 rings (SSSR count). The minimum Gasteiger partial charge on any atom is -0.508 e. The largest absolute Gasteiger partial charge is 0.508 e. The molecule has 0 aliphatic carbocycles. The summed E-state index contributed by atoms with van der Waals surface area (Å²) < 4.78 is 0. The molecule has 4 N–H and O–H groups in total. The van der Waals surface area contributed by atoms with Crippen LogP contribution in [0.2, 0.25) is 0 Å². The minimum atomic E-state index is -0.373. The Balaban J connectivity index is 2.46. The van der Waals surface area contributed by atoms with E-state index in [9.17, 15) is 19.8 Å². The van der Waals surface area contributed by atoms with Gasteiger partial charge in [-0.2, -0.15) is 0 Å². The molecule has 0 bridgehead atoms. The maximum atomic E-state index is 11.5. The highest BCUT2D eigenvalue weighted by Crippen LogP contribution is 2.26. The average molecular weight is 290 g/mol. The Bertz CT molecular complexity index is 579. The van der Waals surface area contributed by atoms with E-state index in [0.717, 1.165) is 6.08 Å². The van der Waals surface area contributed by atoms with Gasteiger partial charge in [0.15, 0.2) is 0 Å². The van der Waals surface area contributed by atoms with Crippen LogP contribution in [0.1, 0.15) is 11.1 Å². The molecule has 1 aromatic carbocycles. The van der Waals surface area contributed by atoms with Crippen LogP contribution in [0.25, 0.3) is 0 Å². The molecule has 0 radical (unpaired) electrons. The Hall–Kier alpha value is -2.76. The molecule has 0 spiro atoms. The van der Waals surface area contributed by atoms with Gasteiger partial charge in [-0.1, -0.05) is 12.7 Å². The molecule has 0 atom stereocenters. The summed E-state index contributed by atoms with van der Waals surface area (Å²) in [5.41, 5.74) is 0.972. The normalized spacial score (nSPS) is 10.3. The van der Waals surface area contributed by atoms with Gasteiger partial charge in [0.1, 0.15) is 11.5 Å². The fourth-order valence-electron chi connectivity index (χ4n) is 1.51. The lowest BCUT2D eigenvalue weighted by Crippen LogP contribution is -2.23. The van der Waals surface area contributed by atoms with Crippen molar-refractivity contribution in [2.75, 3.05) is 6.54 Å². The molecule has 6 nitrogen and oxygen atoms in total. The van der Waals surface area contributed by atoms with Crippen molar-refractivity contribution in [3.8, 4) is 11.5 Å². The first kappa shape index (κ1) is 16.3. The topological polar surface area (TPSA) is 98.7 Å². The van der Waals surface area contributed by atoms with Gasteiger partial charge in [-0.15, -0.1) is 0 Å². The molecule has 1 aromatic rings. The lowest BCUT2D eigenvalue weighted by atomic mass is 10.1.